The highest BCUT2D eigenvalue weighted by molar-refractivity contribution is 6.21. The summed E-state index contributed by atoms with van der Waals surface area (Å²) in [5, 5.41) is 2.55. The van der Waals surface area contributed by atoms with E-state index in [0.29, 0.717) is 23.2 Å². The predicted molar refractivity (Wildman–Crippen MR) is 98.5 cm³/mol. The number of rotatable bonds is 4. The van der Waals surface area contributed by atoms with Crippen LogP contribution >= 0.6 is 0 Å². The van der Waals surface area contributed by atoms with Gasteiger partial charge in [0.1, 0.15) is 0 Å². The Morgan fingerprint density at radius 1 is 0.963 bits per heavy atom. The van der Waals surface area contributed by atoms with Gasteiger partial charge in [0, 0.05) is 38.8 Å². The third-order valence-electron chi connectivity index (χ3n) is 4.55. The average molecular weight is 365 g/mol. The summed E-state index contributed by atoms with van der Waals surface area (Å²) in [5.41, 5.74) is 2.31. The zero-order valence-electron chi connectivity index (χ0n) is 15.3. The van der Waals surface area contributed by atoms with E-state index in [0.717, 1.165) is 10.5 Å². The zero-order valence-corrected chi connectivity index (χ0v) is 15.3. The lowest BCUT2D eigenvalue weighted by atomic mass is 10.0. The summed E-state index contributed by atoms with van der Waals surface area (Å²) < 4.78 is 0. The summed E-state index contributed by atoms with van der Waals surface area (Å²) in [6.07, 6.45) is 0. The van der Waals surface area contributed by atoms with E-state index < -0.39 is 5.91 Å². The molecule has 7 heteroatoms. The topological polar surface area (TPSA) is 86.8 Å². The van der Waals surface area contributed by atoms with Gasteiger partial charge >= 0.3 is 0 Å². The van der Waals surface area contributed by atoms with Crippen LogP contribution in [-0.4, -0.2) is 54.6 Å². The second-order valence-electron chi connectivity index (χ2n) is 6.37. The molecule has 2 aromatic rings. The summed E-state index contributed by atoms with van der Waals surface area (Å²) in [5.74, 6) is -1.20. The van der Waals surface area contributed by atoms with Crippen molar-refractivity contribution in [2.45, 2.75) is 6.54 Å². The van der Waals surface area contributed by atoms with E-state index in [1.54, 1.807) is 44.4 Å². The van der Waals surface area contributed by atoms with Crippen LogP contribution in [0.15, 0.2) is 42.5 Å². The highest BCUT2D eigenvalue weighted by atomic mass is 16.2. The fourth-order valence-corrected chi connectivity index (χ4v) is 2.97. The molecule has 4 amide bonds. The zero-order chi connectivity index (χ0) is 19.7. The average Bonchev–Trinajstić information content (AvgIpc) is 2.91. The first-order chi connectivity index (χ1) is 12.8. The molecule has 0 spiro atoms. The number of hydrogen-bond donors (Lipinski definition) is 1. The number of carbonyl (C=O) groups excluding carboxylic acids is 4. The Hall–Kier alpha value is -3.48. The van der Waals surface area contributed by atoms with Gasteiger partial charge in [-0.3, -0.25) is 24.1 Å². The first-order valence-electron chi connectivity index (χ1n) is 8.36. The Kier molecular flexibility index (Phi) is 4.77. The van der Waals surface area contributed by atoms with Crippen LogP contribution < -0.4 is 5.32 Å². The van der Waals surface area contributed by atoms with E-state index in [9.17, 15) is 19.2 Å². The molecule has 27 heavy (non-hydrogen) atoms. The molecule has 1 aliphatic rings. The van der Waals surface area contributed by atoms with Crippen molar-refractivity contribution in [2.24, 2.45) is 0 Å². The van der Waals surface area contributed by atoms with Crippen LogP contribution in [0, 0.1) is 0 Å². The number of nitrogens with zero attached hydrogens (tertiary/aromatic N) is 2. The maximum Gasteiger partial charge on any atom is 0.261 e. The summed E-state index contributed by atoms with van der Waals surface area (Å²) in [6, 6.07) is 11.5. The monoisotopic (exact) mass is 365 g/mol. The Balaban J connectivity index is 1.76. The molecule has 0 saturated heterocycles. The Morgan fingerprint density at radius 2 is 1.56 bits per heavy atom. The van der Waals surface area contributed by atoms with Gasteiger partial charge in [0.05, 0.1) is 11.1 Å². The Bertz CT molecular complexity index is 950. The van der Waals surface area contributed by atoms with E-state index in [4.69, 9.17) is 0 Å². The van der Waals surface area contributed by atoms with Gasteiger partial charge in [-0.25, -0.2) is 0 Å². The number of benzene rings is 2. The molecule has 138 valence electrons. The van der Waals surface area contributed by atoms with Crippen molar-refractivity contribution >= 4 is 23.6 Å². The number of amides is 4. The number of carbonyl (C=O) groups is 4. The minimum absolute atomic E-state index is 0.173. The van der Waals surface area contributed by atoms with E-state index in [-0.39, 0.29) is 23.3 Å². The molecule has 7 nitrogen and oxygen atoms in total. The molecule has 2 aromatic carbocycles. The molecule has 0 fully saturated rings. The van der Waals surface area contributed by atoms with Gasteiger partial charge in [0.15, 0.2) is 0 Å². The molecule has 0 aromatic heterocycles. The maximum atomic E-state index is 12.7. The lowest BCUT2D eigenvalue weighted by molar-refractivity contribution is 0.0692. The molecule has 0 saturated carbocycles. The largest absolute Gasteiger partial charge is 0.355 e. The van der Waals surface area contributed by atoms with Gasteiger partial charge in [-0.05, 0) is 35.9 Å². The standard InChI is InChI=1S/C20H19N3O4/c1-21-17(24)13-6-4-12(5-7-13)11-22(2)18(25)14-8-9-15-16(10-14)20(27)23(3)19(15)26/h4-10H,11H2,1-3H3,(H,21,24). The van der Waals surface area contributed by atoms with Crippen molar-refractivity contribution in [1.29, 1.82) is 0 Å². The van der Waals surface area contributed by atoms with Crippen LogP contribution in [-0.2, 0) is 6.54 Å². The molecule has 0 atom stereocenters. The number of fused-ring (bicyclic) bond motifs is 1. The molecule has 1 aliphatic heterocycles. The number of nitrogens with one attached hydrogen (secondary N) is 1. The van der Waals surface area contributed by atoms with E-state index >= 15 is 0 Å². The molecule has 0 bridgehead atoms. The van der Waals surface area contributed by atoms with Gasteiger partial charge in [-0.2, -0.15) is 0 Å². The van der Waals surface area contributed by atoms with E-state index in [1.807, 2.05) is 0 Å². The van der Waals surface area contributed by atoms with Crippen molar-refractivity contribution in [2.75, 3.05) is 21.1 Å². The highest BCUT2D eigenvalue weighted by Crippen LogP contribution is 2.23. The Morgan fingerprint density at radius 3 is 2.19 bits per heavy atom. The molecule has 1 heterocycles. The van der Waals surface area contributed by atoms with Crippen LogP contribution in [0.3, 0.4) is 0 Å². The number of hydrogen-bond acceptors (Lipinski definition) is 4. The smallest absolute Gasteiger partial charge is 0.261 e. The predicted octanol–water partition coefficient (Wildman–Crippen LogP) is 1.54. The maximum absolute atomic E-state index is 12.7. The fraction of sp³-hybridized carbons (Fsp3) is 0.200. The minimum Gasteiger partial charge on any atom is -0.355 e. The lowest BCUT2D eigenvalue weighted by Gasteiger charge is -2.18. The second-order valence-corrected chi connectivity index (χ2v) is 6.37. The first kappa shape index (κ1) is 18.3. The van der Waals surface area contributed by atoms with Gasteiger partial charge < -0.3 is 10.2 Å². The van der Waals surface area contributed by atoms with Gasteiger partial charge in [-0.1, -0.05) is 12.1 Å². The molecular formula is C20H19N3O4. The lowest BCUT2D eigenvalue weighted by Crippen LogP contribution is -2.26. The third kappa shape index (κ3) is 3.31. The fourth-order valence-electron chi connectivity index (χ4n) is 2.97. The van der Waals surface area contributed by atoms with E-state index in [2.05, 4.69) is 5.32 Å². The molecule has 0 unspecified atom stereocenters. The molecular weight excluding hydrogens is 346 g/mol. The molecule has 3 rings (SSSR count). The molecule has 0 aliphatic carbocycles. The van der Waals surface area contributed by atoms with Crippen LogP contribution in [0.25, 0.3) is 0 Å². The van der Waals surface area contributed by atoms with Crippen LogP contribution in [0.1, 0.15) is 47.0 Å². The molecule has 1 N–H and O–H groups in total. The SMILES string of the molecule is CNC(=O)c1ccc(CN(C)C(=O)c2ccc3c(c2)C(=O)N(C)C3=O)cc1. The van der Waals surface area contributed by atoms with Crippen LogP contribution in [0.5, 0.6) is 0 Å². The van der Waals surface area contributed by atoms with Crippen LogP contribution in [0.4, 0.5) is 0 Å². The van der Waals surface area contributed by atoms with Gasteiger partial charge in [0.25, 0.3) is 23.6 Å². The summed E-state index contributed by atoms with van der Waals surface area (Å²) >= 11 is 0. The number of imide groups is 1. The highest BCUT2D eigenvalue weighted by Gasteiger charge is 2.33. The normalized spacial score (nSPS) is 12.8. The van der Waals surface area contributed by atoms with Crippen molar-refractivity contribution < 1.29 is 19.2 Å². The van der Waals surface area contributed by atoms with Crippen molar-refractivity contribution in [3.05, 3.63) is 70.3 Å². The summed E-state index contributed by atoms with van der Waals surface area (Å²) in [7, 11) is 4.64. The van der Waals surface area contributed by atoms with Crippen molar-refractivity contribution in [3.63, 3.8) is 0 Å². The summed E-state index contributed by atoms with van der Waals surface area (Å²) in [6.45, 7) is 0.344. The quantitative estimate of drug-likeness (QED) is 0.833. The van der Waals surface area contributed by atoms with Crippen LogP contribution in [0.2, 0.25) is 0 Å². The summed E-state index contributed by atoms with van der Waals surface area (Å²) in [4.78, 5) is 50.9. The Labute approximate surface area is 156 Å². The van der Waals surface area contributed by atoms with E-state index in [1.165, 1.54) is 24.1 Å². The first-order valence-corrected chi connectivity index (χ1v) is 8.36. The minimum atomic E-state index is -0.405. The van der Waals surface area contributed by atoms with Gasteiger partial charge in [-0.15, -0.1) is 0 Å². The van der Waals surface area contributed by atoms with Crippen molar-refractivity contribution in [3.8, 4) is 0 Å². The van der Waals surface area contributed by atoms with Gasteiger partial charge in [0.2, 0.25) is 0 Å². The van der Waals surface area contributed by atoms with Crippen molar-refractivity contribution in [1.82, 2.24) is 15.1 Å². The molecule has 0 radical (unpaired) electrons. The second kappa shape index (κ2) is 7.03. The third-order valence-corrected chi connectivity index (χ3v) is 4.55.